The summed E-state index contributed by atoms with van der Waals surface area (Å²) in [6.07, 6.45) is 1.09. The molecule has 2 rings (SSSR count). The fourth-order valence-electron chi connectivity index (χ4n) is 1.71. The largest absolute Gasteiger partial charge is 0.287 e. The van der Waals surface area contributed by atoms with Gasteiger partial charge in [0.1, 0.15) is 0 Å². The first-order chi connectivity index (χ1) is 11.7. The lowest BCUT2D eigenvalue weighted by atomic mass is 10.4. The van der Waals surface area contributed by atoms with Crippen LogP contribution in [0.5, 0.6) is 0 Å². The predicted octanol–water partition coefficient (Wildman–Crippen LogP) is 5.79. The van der Waals surface area contributed by atoms with E-state index in [-0.39, 0.29) is 10.2 Å². The van der Waals surface area contributed by atoms with Crippen LogP contribution < -0.4 is 0 Å². The van der Waals surface area contributed by atoms with Gasteiger partial charge in [-0.05, 0) is 24.3 Å². The van der Waals surface area contributed by atoms with Crippen LogP contribution in [0.25, 0.3) is 0 Å². The first-order valence-corrected chi connectivity index (χ1v) is 11.6. The fourth-order valence-corrected chi connectivity index (χ4v) is 5.47. The molecular weight excluding hydrogens is 376 g/mol. The van der Waals surface area contributed by atoms with Crippen LogP contribution in [0.3, 0.4) is 0 Å². The molecule has 0 atom stereocenters. The number of rotatable bonds is 9. The summed E-state index contributed by atoms with van der Waals surface area (Å²) < 4.78 is 0. The van der Waals surface area contributed by atoms with Gasteiger partial charge in [-0.15, -0.1) is 0 Å². The van der Waals surface area contributed by atoms with Crippen molar-refractivity contribution < 1.29 is 9.59 Å². The maximum Gasteiger partial charge on any atom is 0.194 e. The van der Waals surface area contributed by atoms with Gasteiger partial charge in [-0.3, -0.25) is 9.59 Å². The van der Waals surface area contributed by atoms with Crippen LogP contribution in [0.4, 0.5) is 0 Å². The van der Waals surface area contributed by atoms with Crippen molar-refractivity contribution in [3.8, 4) is 0 Å². The molecule has 2 nitrogen and oxygen atoms in total. The highest BCUT2D eigenvalue weighted by atomic mass is 33.1. The molecule has 0 aliphatic heterocycles. The summed E-state index contributed by atoms with van der Waals surface area (Å²) in [5.74, 6) is 1.56. The average molecular weight is 395 g/mol. The van der Waals surface area contributed by atoms with E-state index in [2.05, 4.69) is 0 Å². The lowest BCUT2D eigenvalue weighted by molar-refractivity contribution is -0.111. The highest BCUT2D eigenvalue weighted by Gasteiger charge is 2.06. The maximum absolute atomic E-state index is 11.8. The van der Waals surface area contributed by atoms with Gasteiger partial charge in [-0.25, -0.2) is 0 Å². The number of carbonyl (C=O) groups is 2. The van der Waals surface area contributed by atoms with Gasteiger partial charge in [0, 0.05) is 34.1 Å². The summed E-state index contributed by atoms with van der Waals surface area (Å²) in [5.41, 5.74) is 0. The van der Waals surface area contributed by atoms with Crippen molar-refractivity contribution in [3.05, 3.63) is 60.7 Å². The molecule has 2 aromatic rings. The second-order valence-electron chi connectivity index (χ2n) is 4.72. The molecule has 0 aliphatic carbocycles. The molecule has 0 radical (unpaired) electrons. The van der Waals surface area contributed by atoms with Crippen LogP contribution in [-0.4, -0.2) is 21.7 Å². The highest BCUT2D eigenvalue weighted by Crippen LogP contribution is 2.27. The summed E-state index contributed by atoms with van der Waals surface area (Å²) in [6, 6.07) is 19.4. The Morgan fingerprint density at radius 3 is 1.38 bits per heavy atom. The minimum absolute atomic E-state index is 0.185. The van der Waals surface area contributed by atoms with Crippen molar-refractivity contribution >= 4 is 55.3 Å². The second-order valence-corrected chi connectivity index (χ2v) is 9.68. The molecule has 0 saturated heterocycles. The fraction of sp³-hybridized carbons (Fsp3) is 0.222. The highest BCUT2D eigenvalue weighted by molar-refractivity contribution is 8.76. The first kappa shape index (κ1) is 19.5. The van der Waals surface area contributed by atoms with Gasteiger partial charge >= 0.3 is 0 Å². The monoisotopic (exact) mass is 394 g/mol. The molecule has 0 N–H and O–H groups in total. The summed E-state index contributed by atoms with van der Waals surface area (Å²) in [7, 11) is 3.32. The number of hydrogen-bond donors (Lipinski definition) is 0. The molecule has 0 heterocycles. The van der Waals surface area contributed by atoms with Crippen molar-refractivity contribution in [1.82, 2.24) is 0 Å². The molecule has 126 valence electrons. The summed E-state index contributed by atoms with van der Waals surface area (Å²) in [6.45, 7) is 0. The Morgan fingerprint density at radius 1 is 0.625 bits per heavy atom. The zero-order chi connectivity index (χ0) is 17.0. The lowest BCUT2D eigenvalue weighted by Gasteiger charge is -2.02. The Kier molecular flexibility index (Phi) is 9.50. The first-order valence-electron chi connectivity index (χ1n) is 7.50. The summed E-state index contributed by atoms with van der Waals surface area (Å²) in [4.78, 5) is 25.7. The van der Waals surface area contributed by atoms with E-state index in [1.54, 1.807) is 21.6 Å². The van der Waals surface area contributed by atoms with E-state index in [0.29, 0.717) is 12.8 Å². The number of carbonyl (C=O) groups excluding carboxylic acids is 2. The number of hydrogen-bond acceptors (Lipinski definition) is 6. The van der Waals surface area contributed by atoms with Crippen molar-refractivity contribution in [1.29, 1.82) is 0 Å². The van der Waals surface area contributed by atoms with Crippen molar-refractivity contribution in [3.63, 3.8) is 0 Å². The Morgan fingerprint density at radius 2 is 1.00 bits per heavy atom. The van der Waals surface area contributed by atoms with Gasteiger partial charge in [0.25, 0.3) is 0 Å². The van der Waals surface area contributed by atoms with Gasteiger partial charge in [0.05, 0.1) is 0 Å². The summed E-state index contributed by atoms with van der Waals surface area (Å²) in [5, 5.41) is 0.370. The van der Waals surface area contributed by atoms with Gasteiger partial charge < -0.3 is 0 Å². The van der Waals surface area contributed by atoms with E-state index < -0.39 is 0 Å². The molecule has 2 aromatic carbocycles. The molecule has 0 unspecified atom stereocenters. The van der Waals surface area contributed by atoms with Crippen molar-refractivity contribution in [2.75, 3.05) is 11.5 Å². The molecule has 0 aromatic heterocycles. The standard InChI is InChI=1S/C18H18O2S4/c19-17(23-15-7-3-1-4-8-15)11-13-21-22-14-12-18(20)24-16-9-5-2-6-10-16/h1-10H,11-14H2. The molecule has 0 amide bonds. The predicted molar refractivity (Wildman–Crippen MR) is 109 cm³/mol. The molecule has 0 fully saturated rings. The Balaban J connectivity index is 1.50. The molecule has 0 spiro atoms. The van der Waals surface area contributed by atoms with Crippen molar-refractivity contribution in [2.24, 2.45) is 0 Å². The van der Waals surface area contributed by atoms with E-state index in [1.165, 1.54) is 23.5 Å². The Labute approximate surface area is 159 Å². The SMILES string of the molecule is O=C(CCSSCCC(=O)Sc1ccccc1)Sc1ccccc1. The van der Waals surface area contributed by atoms with Gasteiger partial charge in [-0.2, -0.15) is 0 Å². The Hall–Kier alpha value is -0.820. The third kappa shape index (κ3) is 8.33. The molecule has 0 aliphatic rings. The maximum atomic E-state index is 11.8. The topological polar surface area (TPSA) is 34.1 Å². The minimum Gasteiger partial charge on any atom is -0.287 e. The number of thioether (sulfide) groups is 2. The zero-order valence-electron chi connectivity index (χ0n) is 13.1. The van der Waals surface area contributed by atoms with E-state index in [9.17, 15) is 9.59 Å². The van der Waals surface area contributed by atoms with Gasteiger partial charge in [-0.1, -0.05) is 81.5 Å². The van der Waals surface area contributed by atoms with E-state index in [0.717, 1.165) is 21.3 Å². The quantitative estimate of drug-likeness (QED) is 0.304. The zero-order valence-corrected chi connectivity index (χ0v) is 16.3. The van der Waals surface area contributed by atoms with E-state index in [4.69, 9.17) is 0 Å². The molecular formula is C18H18O2S4. The normalized spacial score (nSPS) is 10.5. The van der Waals surface area contributed by atoms with Gasteiger partial charge in [0.15, 0.2) is 10.2 Å². The lowest BCUT2D eigenvalue weighted by Crippen LogP contribution is -1.94. The van der Waals surface area contributed by atoms with Crippen molar-refractivity contribution in [2.45, 2.75) is 22.6 Å². The van der Waals surface area contributed by atoms with Crippen LogP contribution in [0.15, 0.2) is 70.5 Å². The Bertz CT molecular complexity index is 574. The van der Waals surface area contributed by atoms with Crippen LogP contribution >= 0.6 is 45.1 Å². The average Bonchev–Trinajstić information content (AvgIpc) is 2.60. The third-order valence-corrected chi connectivity index (χ3v) is 7.10. The van der Waals surface area contributed by atoms with Gasteiger partial charge in [0.2, 0.25) is 0 Å². The molecule has 6 heteroatoms. The van der Waals surface area contributed by atoms with Crippen LogP contribution in [0.1, 0.15) is 12.8 Å². The van der Waals surface area contributed by atoms with Crippen LogP contribution in [0.2, 0.25) is 0 Å². The minimum atomic E-state index is 0.185. The second kappa shape index (κ2) is 11.7. The molecule has 0 saturated carbocycles. The van der Waals surface area contributed by atoms with Crippen LogP contribution in [-0.2, 0) is 9.59 Å². The molecule has 0 bridgehead atoms. The van der Waals surface area contributed by atoms with Crippen LogP contribution in [0, 0.1) is 0 Å². The molecule has 24 heavy (non-hydrogen) atoms. The third-order valence-electron chi connectivity index (χ3n) is 2.81. The number of benzene rings is 2. The van der Waals surface area contributed by atoms with E-state index in [1.807, 2.05) is 60.7 Å². The smallest absolute Gasteiger partial charge is 0.194 e. The summed E-state index contributed by atoms with van der Waals surface area (Å²) >= 11 is 2.59. The van der Waals surface area contributed by atoms with E-state index >= 15 is 0 Å².